The van der Waals surface area contributed by atoms with E-state index >= 15 is 0 Å². The van der Waals surface area contributed by atoms with Crippen molar-refractivity contribution in [1.82, 2.24) is 9.80 Å². The second kappa shape index (κ2) is 10.3. The Morgan fingerprint density at radius 3 is 1.77 bits per heavy atom. The van der Waals surface area contributed by atoms with Crippen LogP contribution in [0.3, 0.4) is 0 Å². The first kappa shape index (κ1) is 21.3. The number of carbonyl (C=O) groups is 2. The van der Waals surface area contributed by atoms with Gasteiger partial charge in [-0.1, -0.05) is 35.9 Å². The number of halogens is 1. The molecule has 0 unspecified atom stereocenters. The fourth-order valence-corrected chi connectivity index (χ4v) is 1.84. The predicted molar refractivity (Wildman–Crippen MR) is 108 cm³/mol. The number of urea groups is 2. The van der Waals surface area contributed by atoms with E-state index in [0.717, 1.165) is 11.3 Å². The standard InChI is InChI=1S/C10H13ClN2O.C9H12N2O/c1-7-4-5-8(6-9(7)11)12-10(14)13(2)3;1-11(2)9(12)10-8-6-4-3-5-7-8/h4-6H,1-3H3,(H,12,14);3-7H,1-2H3,(H,10,12). The number of benzene rings is 2. The first-order chi connectivity index (χ1) is 12.2. The third-order valence-corrected chi connectivity index (χ3v) is 3.67. The largest absolute Gasteiger partial charge is 0.331 e. The number of anilines is 2. The van der Waals surface area contributed by atoms with Gasteiger partial charge in [-0.2, -0.15) is 0 Å². The van der Waals surface area contributed by atoms with Crippen LogP contribution in [0.15, 0.2) is 48.5 Å². The van der Waals surface area contributed by atoms with Gasteiger partial charge >= 0.3 is 12.1 Å². The number of rotatable bonds is 2. The van der Waals surface area contributed by atoms with Crippen LogP contribution in [0.25, 0.3) is 0 Å². The lowest BCUT2D eigenvalue weighted by atomic mass is 10.2. The molecule has 0 aliphatic heterocycles. The van der Waals surface area contributed by atoms with Gasteiger partial charge in [-0.05, 0) is 36.8 Å². The maximum absolute atomic E-state index is 11.3. The average Bonchev–Trinajstić information content (AvgIpc) is 2.59. The summed E-state index contributed by atoms with van der Waals surface area (Å²) in [5.41, 5.74) is 2.52. The van der Waals surface area contributed by atoms with Gasteiger partial charge < -0.3 is 20.4 Å². The highest BCUT2D eigenvalue weighted by Gasteiger charge is 2.04. The molecule has 0 aromatic heterocycles. The zero-order valence-corrected chi connectivity index (χ0v) is 16.5. The molecule has 26 heavy (non-hydrogen) atoms. The lowest BCUT2D eigenvalue weighted by Crippen LogP contribution is -2.27. The summed E-state index contributed by atoms with van der Waals surface area (Å²) in [5.74, 6) is 0. The minimum atomic E-state index is -0.162. The van der Waals surface area contributed by atoms with Crippen LogP contribution in [0, 0.1) is 6.92 Å². The van der Waals surface area contributed by atoms with Crippen molar-refractivity contribution in [3.8, 4) is 0 Å². The molecule has 0 saturated carbocycles. The number of hydrogen-bond acceptors (Lipinski definition) is 2. The van der Waals surface area contributed by atoms with Crippen molar-refractivity contribution in [3.05, 3.63) is 59.1 Å². The quantitative estimate of drug-likeness (QED) is 0.809. The summed E-state index contributed by atoms with van der Waals surface area (Å²) in [6.07, 6.45) is 0. The van der Waals surface area contributed by atoms with E-state index in [-0.39, 0.29) is 12.1 Å². The van der Waals surface area contributed by atoms with Crippen LogP contribution in [0.5, 0.6) is 0 Å². The Morgan fingerprint density at radius 2 is 1.31 bits per heavy atom. The van der Waals surface area contributed by atoms with Gasteiger partial charge in [0.2, 0.25) is 0 Å². The third kappa shape index (κ3) is 7.44. The van der Waals surface area contributed by atoms with Gasteiger partial charge in [0.25, 0.3) is 0 Å². The second-order valence-electron chi connectivity index (χ2n) is 5.98. The Balaban J connectivity index is 0.000000263. The number of nitrogens with one attached hydrogen (secondary N) is 2. The molecule has 2 aromatic carbocycles. The highest BCUT2D eigenvalue weighted by molar-refractivity contribution is 6.31. The Hall–Kier alpha value is -2.73. The van der Waals surface area contributed by atoms with Gasteiger partial charge in [0, 0.05) is 44.6 Å². The monoisotopic (exact) mass is 376 g/mol. The van der Waals surface area contributed by atoms with Gasteiger partial charge in [-0.3, -0.25) is 0 Å². The Labute approximate surface area is 159 Å². The summed E-state index contributed by atoms with van der Waals surface area (Å²) in [6.45, 7) is 1.92. The van der Waals surface area contributed by atoms with Crippen LogP contribution in [-0.4, -0.2) is 50.1 Å². The molecule has 4 amide bonds. The summed E-state index contributed by atoms with van der Waals surface area (Å²) in [4.78, 5) is 25.4. The van der Waals surface area contributed by atoms with Crippen LogP contribution in [-0.2, 0) is 0 Å². The number of aryl methyl sites for hydroxylation is 1. The fraction of sp³-hybridized carbons (Fsp3) is 0.263. The molecule has 0 atom stereocenters. The van der Waals surface area contributed by atoms with Crippen molar-refractivity contribution in [1.29, 1.82) is 0 Å². The molecule has 2 aromatic rings. The third-order valence-electron chi connectivity index (χ3n) is 3.26. The molecule has 6 nitrogen and oxygen atoms in total. The predicted octanol–water partition coefficient (Wildman–Crippen LogP) is 4.52. The molecule has 0 radical (unpaired) electrons. The number of carbonyl (C=O) groups excluding carboxylic acids is 2. The van der Waals surface area contributed by atoms with Crippen LogP contribution in [0.2, 0.25) is 5.02 Å². The highest BCUT2D eigenvalue weighted by Crippen LogP contribution is 2.19. The van der Waals surface area contributed by atoms with Gasteiger partial charge in [0.05, 0.1) is 0 Å². The van der Waals surface area contributed by atoms with Crippen molar-refractivity contribution in [3.63, 3.8) is 0 Å². The number of amides is 4. The summed E-state index contributed by atoms with van der Waals surface area (Å²) in [6, 6.07) is 14.5. The molecule has 2 rings (SSSR count). The van der Waals surface area contributed by atoms with E-state index in [0.29, 0.717) is 10.7 Å². The van der Waals surface area contributed by atoms with Crippen LogP contribution in [0.4, 0.5) is 21.0 Å². The molecule has 0 saturated heterocycles. The van der Waals surface area contributed by atoms with E-state index in [9.17, 15) is 9.59 Å². The maximum Gasteiger partial charge on any atom is 0.321 e. The minimum Gasteiger partial charge on any atom is -0.331 e. The molecule has 7 heteroatoms. The lowest BCUT2D eigenvalue weighted by molar-refractivity contribution is 0.230. The summed E-state index contributed by atoms with van der Waals surface area (Å²) in [5, 5.41) is 6.09. The molecule has 0 heterocycles. The van der Waals surface area contributed by atoms with E-state index in [1.165, 1.54) is 9.80 Å². The molecule has 0 aliphatic rings. The van der Waals surface area contributed by atoms with Crippen molar-refractivity contribution >= 4 is 35.0 Å². The molecule has 0 bridgehead atoms. The van der Waals surface area contributed by atoms with Crippen molar-refractivity contribution < 1.29 is 9.59 Å². The Morgan fingerprint density at radius 1 is 0.808 bits per heavy atom. The van der Waals surface area contributed by atoms with Gasteiger partial charge in [0.15, 0.2) is 0 Å². The van der Waals surface area contributed by atoms with Crippen LogP contribution in [0.1, 0.15) is 5.56 Å². The van der Waals surface area contributed by atoms with Gasteiger partial charge in [-0.15, -0.1) is 0 Å². The molecule has 0 aliphatic carbocycles. The lowest BCUT2D eigenvalue weighted by Gasteiger charge is -2.12. The van der Waals surface area contributed by atoms with Crippen LogP contribution >= 0.6 is 11.6 Å². The molecule has 0 spiro atoms. The zero-order valence-electron chi connectivity index (χ0n) is 15.7. The summed E-state index contributed by atoms with van der Waals surface area (Å²) in [7, 11) is 6.78. The number of hydrogen-bond donors (Lipinski definition) is 2. The Kier molecular flexibility index (Phi) is 8.45. The van der Waals surface area contributed by atoms with E-state index in [2.05, 4.69) is 10.6 Å². The minimum absolute atomic E-state index is 0.110. The Bertz CT molecular complexity index is 734. The first-order valence-electron chi connectivity index (χ1n) is 7.98. The maximum atomic E-state index is 11.3. The summed E-state index contributed by atoms with van der Waals surface area (Å²) >= 11 is 5.91. The molecular weight excluding hydrogens is 352 g/mol. The van der Waals surface area contributed by atoms with E-state index in [4.69, 9.17) is 11.6 Å². The SMILES string of the molecule is CN(C)C(=O)Nc1ccccc1.Cc1ccc(NC(=O)N(C)C)cc1Cl. The second-order valence-corrected chi connectivity index (χ2v) is 6.39. The van der Waals surface area contributed by atoms with E-state index in [1.54, 1.807) is 34.3 Å². The van der Waals surface area contributed by atoms with E-state index < -0.39 is 0 Å². The van der Waals surface area contributed by atoms with Gasteiger partial charge in [0.1, 0.15) is 0 Å². The normalized spacial score (nSPS) is 9.46. The van der Waals surface area contributed by atoms with Gasteiger partial charge in [-0.25, -0.2) is 9.59 Å². The van der Waals surface area contributed by atoms with Crippen LogP contribution < -0.4 is 10.6 Å². The fourth-order valence-electron chi connectivity index (χ4n) is 1.66. The topological polar surface area (TPSA) is 64.7 Å². The average molecular weight is 377 g/mol. The molecule has 140 valence electrons. The molecule has 0 fully saturated rings. The number of para-hydroxylation sites is 1. The zero-order chi connectivity index (χ0) is 19.7. The highest BCUT2D eigenvalue weighted by atomic mass is 35.5. The van der Waals surface area contributed by atoms with Crippen molar-refractivity contribution in [2.24, 2.45) is 0 Å². The smallest absolute Gasteiger partial charge is 0.321 e. The number of nitrogens with zero attached hydrogens (tertiary/aromatic N) is 2. The molecule has 2 N–H and O–H groups in total. The van der Waals surface area contributed by atoms with Crippen molar-refractivity contribution in [2.45, 2.75) is 6.92 Å². The molecular formula is C19H25ClN4O2. The van der Waals surface area contributed by atoms with E-state index in [1.807, 2.05) is 49.4 Å². The first-order valence-corrected chi connectivity index (χ1v) is 8.36. The van der Waals surface area contributed by atoms with Crippen molar-refractivity contribution in [2.75, 3.05) is 38.8 Å². The summed E-state index contributed by atoms with van der Waals surface area (Å²) < 4.78 is 0.